The quantitative estimate of drug-likeness (QED) is 0.789. The summed E-state index contributed by atoms with van der Waals surface area (Å²) < 4.78 is 7.40. The third-order valence-electron chi connectivity index (χ3n) is 5.47. The third kappa shape index (κ3) is 2.15. The summed E-state index contributed by atoms with van der Waals surface area (Å²) in [6.45, 7) is 2.58. The van der Waals surface area contributed by atoms with Gasteiger partial charge in [-0.3, -0.25) is 9.59 Å². The minimum Gasteiger partial charge on any atom is -0.373 e. The van der Waals surface area contributed by atoms with Crippen LogP contribution in [0, 0.1) is 18.8 Å². The van der Waals surface area contributed by atoms with Crippen LogP contribution in [-0.2, 0) is 20.9 Å². The second kappa shape index (κ2) is 5.23. The fourth-order valence-electron chi connectivity index (χ4n) is 4.25. The second-order valence-electron chi connectivity index (χ2n) is 7.08. The Morgan fingerprint density at radius 1 is 1.08 bits per heavy atom. The fraction of sp³-hybridized carbons (Fsp3) is 0.444. The van der Waals surface area contributed by atoms with Gasteiger partial charge in [0.2, 0.25) is 11.8 Å². The summed E-state index contributed by atoms with van der Waals surface area (Å²) in [5, 5.41) is 4.36. The maximum absolute atomic E-state index is 12.7. The molecule has 2 amide bonds. The largest absolute Gasteiger partial charge is 0.373 e. The molecule has 2 bridgehead atoms. The first kappa shape index (κ1) is 14.8. The molecular formula is C18H18N4O3. The van der Waals surface area contributed by atoms with Gasteiger partial charge in [0, 0.05) is 0 Å². The highest BCUT2D eigenvalue weighted by atomic mass is 16.5. The Kier molecular flexibility index (Phi) is 3.09. The molecule has 3 aliphatic rings. The number of fused-ring (bicyclic) bond motifs is 5. The van der Waals surface area contributed by atoms with E-state index in [2.05, 4.69) is 10.1 Å². The van der Waals surface area contributed by atoms with Gasteiger partial charge < -0.3 is 4.74 Å². The van der Waals surface area contributed by atoms with Crippen LogP contribution in [0.3, 0.4) is 0 Å². The second-order valence-corrected chi connectivity index (χ2v) is 7.08. The number of rotatable bonds is 3. The predicted molar refractivity (Wildman–Crippen MR) is 87.7 cm³/mol. The van der Waals surface area contributed by atoms with Gasteiger partial charge in [0.05, 0.1) is 30.6 Å². The Morgan fingerprint density at radius 3 is 2.36 bits per heavy atom. The minimum absolute atomic E-state index is 0.119. The number of aromatic nitrogens is 3. The molecule has 0 saturated carbocycles. The normalized spacial score (nSPS) is 30.4. The maximum atomic E-state index is 12.7. The van der Waals surface area contributed by atoms with Crippen molar-refractivity contribution in [3.63, 3.8) is 0 Å². The number of carbonyl (C=O) groups is 2. The van der Waals surface area contributed by atoms with E-state index in [9.17, 15) is 9.59 Å². The number of amides is 2. The molecule has 5 rings (SSSR count). The van der Waals surface area contributed by atoms with Gasteiger partial charge in [-0.05, 0) is 25.3 Å². The summed E-state index contributed by atoms with van der Waals surface area (Å²) in [6, 6.07) is 8.14. The van der Waals surface area contributed by atoms with Gasteiger partial charge in [-0.25, -0.2) is 9.58 Å². The van der Waals surface area contributed by atoms with Crippen LogP contribution in [0.5, 0.6) is 0 Å². The van der Waals surface area contributed by atoms with Crippen molar-refractivity contribution in [3.8, 4) is 0 Å². The lowest BCUT2D eigenvalue weighted by Gasteiger charge is -2.14. The van der Waals surface area contributed by atoms with Crippen LogP contribution in [0.1, 0.15) is 24.0 Å². The highest BCUT2D eigenvalue weighted by molar-refractivity contribution is 6.21. The van der Waals surface area contributed by atoms with E-state index in [1.54, 1.807) is 11.0 Å². The number of ether oxygens (including phenoxy) is 1. The fourth-order valence-corrected chi connectivity index (χ4v) is 4.25. The molecule has 7 heteroatoms. The van der Waals surface area contributed by atoms with Gasteiger partial charge in [0.25, 0.3) is 5.95 Å². The number of imide groups is 1. The van der Waals surface area contributed by atoms with E-state index >= 15 is 0 Å². The predicted octanol–water partition coefficient (Wildman–Crippen LogP) is 1.30. The molecule has 0 N–H and O–H groups in total. The Bertz CT molecular complexity index is 831. The van der Waals surface area contributed by atoms with E-state index in [-0.39, 0.29) is 41.8 Å². The van der Waals surface area contributed by atoms with Gasteiger partial charge in [-0.2, -0.15) is 4.98 Å². The Hall–Kier alpha value is -2.54. The molecule has 0 unspecified atom stereocenters. The third-order valence-corrected chi connectivity index (χ3v) is 5.47. The summed E-state index contributed by atoms with van der Waals surface area (Å²) in [5.41, 5.74) is 2.28. The van der Waals surface area contributed by atoms with E-state index in [0.717, 1.165) is 23.3 Å². The summed E-state index contributed by atoms with van der Waals surface area (Å²) in [4.78, 5) is 30.8. The smallest absolute Gasteiger partial charge is 0.258 e. The van der Waals surface area contributed by atoms with E-state index in [1.165, 1.54) is 5.56 Å². The highest BCUT2D eigenvalue weighted by Crippen LogP contribution is 2.48. The maximum Gasteiger partial charge on any atom is 0.258 e. The van der Waals surface area contributed by atoms with Crippen molar-refractivity contribution in [3.05, 3.63) is 41.7 Å². The summed E-state index contributed by atoms with van der Waals surface area (Å²) in [7, 11) is 0. The molecular weight excluding hydrogens is 320 g/mol. The van der Waals surface area contributed by atoms with Gasteiger partial charge in [0.1, 0.15) is 6.33 Å². The Morgan fingerprint density at radius 2 is 1.72 bits per heavy atom. The first-order chi connectivity index (χ1) is 12.1. The zero-order valence-corrected chi connectivity index (χ0v) is 13.8. The summed E-state index contributed by atoms with van der Waals surface area (Å²) in [5.74, 6) is -0.952. The van der Waals surface area contributed by atoms with Crippen LogP contribution in [-0.4, -0.2) is 38.8 Å². The molecule has 1 aromatic carbocycles. The van der Waals surface area contributed by atoms with Crippen molar-refractivity contribution in [2.45, 2.75) is 38.5 Å². The van der Waals surface area contributed by atoms with Crippen molar-refractivity contribution in [2.75, 3.05) is 4.90 Å². The number of benzene rings is 1. The van der Waals surface area contributed by atoms with Crippen LogP contribution in [0.15, 0.2) is 30.6 Å². The van der Waals surface area contributed by atoms with Crippen LogP contribution in [0.4, 0.5) is 5.95 Å². The molecule has 3 fully saturated rings. The number of aryl methyl sites for hydroxylation is 1. The molecule has 4 atom stereocenters. The zero-order valence-electron chi connectivity index (χ0n) is 13.8. The average Bonchev–Trinajstić information content (AvgIpc) is 3.35. The SMILES string of the molecule is Cc1ccc(Cn2cnc(N3C(=O)[C@@H]4[C@H](C3=O)[C@H]3CC[C@@H]4O3)n2)cc1. The van der Waals surface area contributed by atoms with Crippen molar-refractivity contribution < 1.29 is 14.3 Å². The average molecular weight is 338 g/mol. The number of carbonyl (C=O) groups excluding carboxylic acids is 2. The standard InChI is InChI=1S/C18H18N4O3/c1-10-2-4-11(5-3-10)8-21-9-19-18(20-21)22-16(23)14-12-6-7-13(25-12)15(14)17(22)24/h2-5,9,12-15H,6-8H2,1H3/t12-,13+,14-,15+. The topological polar surface area (TPSA) is 77.3 Å². The molecule has 3 saturated heterocycles. The lowest BCUT2D eigenvalue weighted by molar-refractivity contribution is -0.124. The zero-order chi connectivity index (χ0) is 17.1. The number of hydrogen-bond donors (Lipinski definition) is 0. The van der Waals surface area contributed by atoms with Gasteiger partial charge in [-0.1, -0.05) is 29.8 Å². The molecule has 1 aromatic heterocycles. The molecule has 3 aliphatic heterocycles. The highest BCUT2D eigenvalue weighted by Gasteiger charge is 2.63. The molecule has 128 valence electrons. The first-order valence-corrected chi connectivity index (χ1v) is 8.60. The monoisotopic (exact) mass is 338 g/mol. The van der Waals surface area contributed by atoms with E-state index in [4.69, 9.17) is 4.74 Å². The van der Waals surface area contributed by atoms with Crippen molar-refractivity contribution >= 4 is 17.8 Å². The van der Waals surface area contributed by atoms with Crippen LogP contribution < -0.4 is 4.90 Å². The van der Waals surface area contributed by atoms with E-state index in [1.807, 2.05) is 31.2 Å². The van der Waals surface area contributed by atoms with Gasteiger partial charge in [0.15, 0.2) is 0 Å². The Labute approximate surface area is 144 Å². The summed E-state index contributed by atoms with van der Waals surface area (Å²) >= 11 is 0. The number of anilines is 1. The minimum atomic E-state index is -0.352. The van der Waals surface area contributed by atoms with Crippen molar-refractivity contribution in [2.24, 2.45) is 11.8 Å². The molecule has 25 heavy (non-hydrogen) atoms. The molecule has 7 nitrogen and oxygen atoms in total. The number of nitrogens with zero attached hydrogens (tertiary/aromatic N) is 4. The molecule has 0 spiro atoms. The van der Waals surface area contributed by atoms with Gasteiger partial charge in [-0.15, -0.1) is 5.10 Å². The lowest BCUT2D eigenvalue weighted by atomic mass is 9.81. The van der Waals surface area contributed by atoms with E-state index < -0.39 is 0 Å². The number of hydrogen-bond acceptors (Lipinski definition) is 5. The van der Waals surface area contributed by atoms with Crippen molar-refractivity contribution in [1.82, 2.24) is 14.8 Å². The molecule has 0 aliphatic carbocycles. The van der Waals surface area contributed by atoms with Crippen LogP contribution in [0.25, 0.3) is 0 Å². The van der Waals surface area contributed by atoms with Crippen LogP contribution in [0.2, 0.25) is 0 Å². The summed E-state index contributed by atoms with van der Waals surface area (Å²) in [6.07, 6.45) is 3.04. The van der Waals surface area contributed by atoms with Crippen molar-refractivity contribution in [1.29, 1.82) is 0 Å². The van der Waals surface area contributed by atoms with Gasteiger partial charge >= 0.3 is 0 Å². The first-order valence-electron chi connectivity index (χ1n) is 8.60. The molecule has 2 aromatic rings. The van der Waals surface area contributed by atoms with E-state index in [0.29, 0.717) is 6.54 Å². The van der Waals surface area contributed by atoms with Crippen LogP contribution >= 0.6 is 0 Å². The molecule has 0 radical (unpaired) electrons. The Balaban J connectivity index is 1.39. The lowest BCUT2D eigenvalue weighted by Crippen LogP contribution is -2.35. The molecule has 4 heterocycles.